The van der Waals surface area contributed by atoms with Crippen molar-refractivity contribution in [3.63, 3.8) is 0 Å². The number of para-hydroxylation sites is 1. The number of hydrogen-bond acceptors (Lipinski definition) is 1. The minimum Gasteiger partial charge on any atom is -0.314 e. The van der Waals surface area contributed by atoms with Crippen molar-refractivity contribution in [2.45, 2.75) is 25.7 Å². The molecule has 2 aromatic rings. The molecule has 0 spiro atoms. The van der Waals surface area contributed by atoms with Crippen LogP contribution in [0.25, 0.3) is 0 Å². The summed E-state index contributed by atoms with van der Waals surface area (Å²) in [5, 5.41) is 0. The Morgan fingerprint density at radius 3 is 2.45 bits per heavy atom. The fraction of sp³-hybridized carbons (Fsp3) is 0.278. The van der Waals surface area contributed by atoms with Crippen molar-refractivity contribution < 1.29 is 4.79 Å². The van der Waals surface area contributed by atoms with Crippen molar-refractivity contribution in [1.29, 1.82) is 0 Å². The molecule has 2 nitrogen and oxygen atoms in total. The molecule has 0 aromatic heterocycles. The van der Waals surface area contributed by atoms with Crippen LogP contribution in [-0.2, 0) is 16.6 Å². The molecule has 1 amide bonds. The Hall–Kier alpha value is -2.09. The van der Waals surface area contributed by atoms with E-state index in [1.807, 2.05) is 37.4 Å². The monoisotopic (exact) mass is 265 g/mol. The number of carbonyl (C=O) groups excluding carboxylic acids is 1. The van der Waals surface area contributed by atoms with Crippen LogP contribution in [0.5, 0.6) is 0 Å². The summed E-state index contributed by atoms with van der Waals surface area (Å²) in [6, 6.07) is 16.4. The average Bonchev–Trinajstić information content (AvgIpc) is 2.65. The van der Waals surface area contributed by atoms with Crippen LogP contribution in [0.15, 0.2) is 48.5 Å². The lowest BCUT2D eigenvalue weighted by Crippen LogP contribution is -2.38. The summed E-state index contributed by atoms with van der Waals surface area (Å²) in [6.45, 7) is 4.16. The fourth-order valence-electron chi connectivity index (χ4n) is 3.19. The molecule has 1 atom stereocenters. The average molecular weight is 265 g/mol. The molecule has 20 heavy (non-hydrogen) atoms. The van der Waals surface area contributed by atoms with Crippen molar-refractivity contribution in [1.82, 2.24) is 0 Å². The number of nitrogens with zero attached hydrogens (tertiary/aromatic N) is 1. The summed E-state index contributed by atoms with van der Waals surface area (Å²) in [5.41, 5.74) is 4.20. The Balaban J connectivity index is 2.08. The molecule has 0 fully saturated rings. The molecule has 2 heteroatoms. The van der Waals surface area contributed by atoms with E-state index in [9.17, 15) is 4.79 Å². The number of carbonyl (C=O) groups is 1. The van der Waals surface area contributed by atoms with Crippen LogP contribution in [0.3, 0.4) is 0 Å². The first-order valence-electron chi connectivity index (χ1n) is 6.96. The summed E-state index contributed by atoms with van der Waals surface area (Å²) in [5.74, 6) is 0.182. The summed E-state index contributed by atoms with van der Waals surface area (Å²) in [7, 11) is 1.87. The molecule has 0 unspecified atom stereocenters. The number of benzene rings is 2. The number of anilines is 1. The lowest BCUT2D eigenvalue weighted by molar-refractivity contribution is -0.122. The van der Waals surface area contributed by atoms with Gasteiger partial charge in [0.05, 0.1) is 5.41 Å². The van der Waals surface area contributed by atoms with Gasteiger partial charge in [-0.3, -0.25) is 4.79 Å². The van der Waals surface area contributed by atoms with E-state index in [2.05, 4.69) is 32.0 Å². The smallest absolute Gasteiger partial charge is 0.237 e. The highest BCUT2D eigenvalue weighted by molar-refractivity contribution is 6.07. The highest BCUT2D eigenvalue weighted by Gasteiger charge is 2.45. The third-order valence-electron chi connectivity index (χ3n) is 4.44. The second-order valence-corrected chi connectivity index (χ2v) is 5.82. The standard InChI is InChI=1S/C18H19NO/c1-13-8-4-5-9-14(13)12-18(2)15-10-6-7-11-16(15)19(3)17(18)20/h4-11H,12H2,1-3H3/t18-/m1/s1. The van der Waals surface area contributed by atoms with Gasteiger partial charge in [0.1, 0.15) is 0 Å². The fourth-order valence-corrected chi connectivity index (χ4v) is 3.19. The van der Waals surface area contributed by atoms with E-state index in [4.69, 9.17) is 0 Å². The predicted molar refractivity (Wildman–Crippen MR) is 82.1 cm³/mol. The van der Waals surface area contributed by atoms with E-state index in [-0.39, 0.29) is 5.91 Å². The van der Waals surface area contributed by atoms with Gasteiger partial charge in [0.2, 0.25) is 5.91 Å². The Kier molecular flexibility index (Phi) is 2.89. The van der Waals surface area contributed by atoms with Gasteiger partial charge in [0.25, 0.3) is 0 Å². The van der Waals surface area contributed by atoms with Gasteiger partial charge in [0.15, 0.2) is 0 Å². The van der Waals surface area contributed by atoms with Gasteiger partial charge in [0, 0.05) is 12.7 Å². The zero-order valence-electron chi connectivity index (χ0n) is 12.2. The molecule has 3 rings (SSSR count). The van der Waals surface area contributed by atoms with E-state index < -0.39 is 5.41 Å². The zero-order valence-corrected chi connectivity index (χ0v) is 12.2. The number of rotatable bonds is 2. The van der Waals surface area contributed by atoms with Crippen LogP contribution < -0.4 is 4.90 Å². The van der Waals surface area contributed by atoms with E-state index in [0.29, 0.717) is 0 Å². The maximum atomic E-state index is 12.7. The van der Waals surface area contributed by atoms with Gasteiger partial charge in [-0.05, 0) is 43.0 Å². The number of likely N-dealkylation sites (N-methyl/N-ethyl adjacent to an activating group) is 1. The van der Waals surface area contributed by atoms with Gasteiger partial charge < -0.3 is 4.90 Å². The van der Waals surface area contributed by atoms with Crippen molar-refractivity contribution in [3.8, 4) is 0 Å². The Morgan fingerprint density at radius 1 is 1.05 bits per heavy atom. The summed E-state index contributed by atoms with van der Waals surface area (Å²) in [4.78, 5) is 14.5. The first-order chi connectivity index (χ1) is 9.54. The topological polar surface area (TPSA) is 20.3 Å². The van der Waals surface area contributed by atoms with Crippen molar-refractivity contribution in [2.24, 2.45) is 0 Å². The summed E-state index contributed by atoms with van der Waals surface area (Å²) < 4.78 is 0. The minimum atomic E-state index is -0.461. The summed E-state index contributed by atoms with van der Waals surface area (Å²) >= 11 is 0. The lowest BCUT2D eigenvalue weighted by Gasteiger charge is -2.24. The molecule has 0 saturated heterocycles. The number of hydrogen-bond donors (Lipinski definition) is 0. The van der Waals surface area contributed by atoms with E-state index in [0.717, 1.165) is 17.7 Å². The highest BCUT2D eigenvalue weighted by atomic mass is 16.2. The van der Waals surface area contributed by atoms with Crippen molar-refractivity contribution >= 4 is 11.6 Å². The Morgan fingerprint density at radius 2 is 1.70 bits per heavy atom. The lowest BCUT2D eigenvalue weighted by atomic mass is 9.77. The van der Waals surface area contributed by atoms with Gasteiger partial charge in [-0.2, -0.15) is 0 Å². The predicted octanol–water partition coefficient (Wildman–Crippen LogP) is 3.47. The Labute approximate surface area is 120 Å². The normalized spacial score (nSPS) is 21.1. The van der Waals surface area contributed by atoms with E-state index in [1.165, 1.54) is 11.1 Å². The van der Waals surface area contributed by atoms with Crippen LogP contribution in [0.1, 0.15) is 23.6 Å². The van der Waals surface area contributed by atoms with Crippen LogP contribution in [0.4, 0.5) is 5.69 Å². The van der Waals surface area contributed by atoms with Gasteiger partial charge in [-0.25, -0.2) is 0 Å². The van der Waals surface area contributed by atoms with Gasteiger partial charge in [-0.1, -0.05) is 42.5 Å². The third kappa shape index (κ3) is 1.75. The van der Waals surface area contributed by atoms with E-state index in [1.54, 1.807) is 4.90 Å². The van der Waals surface area contributed by atoms with Gasteiger partial charge >= 0.3 is 0 Å². The molecule has 0 bridgehead atoms. The first kappa shape index (κ1) is 12.9. The third-order valence-corrected chi connectivity index (χ3v) is 4.44. The number of aryl methyl sites for hydroxylation is 1. The molecule has 1 aliphatic rings. The quantitative estimate of drug-likeness (QED) is 0.814. The SMILES string of the molecule is Cc1ccccc1C[C@@]1(C)C(=O)N(C)c2ccccc21. The molecule has 0 N–H and O–H groups in total. The second-order valence-electron chi connectivity index (χ2n) is 5.82. The molecule has 1 aliphatic heterocycles. The molecule has 0 saturated carbocycles. The Bertz CT molecular complexity index is 677. The number of amides is 1. The van der Waals surface area contributed by atoms with Crippen molar-refractivity contribution in [2.75, 3.05) is 11.9 Å². The molecular weight excluding hydrogens is 246 g/mol. The largest absolute Gasteiger partial charge is 0.314 e. The maximum absolute atomic E-state index is 12.7. The second kappa shape index (κ2) is 4.48. The molecule has 2 aromatic carbocycles. The summed E-state index contributed by atoms with van der Waals surface area (Å²) in [6.07, 6.45) is 0.750. The maximum Gasteiger partial charge on any atom is 0.237 e. The molecule has 0 aliphatic carbocycles. The van der Waals surface area contributed by atoms with Crippen LogP contribution >= 0.6 is 0 Å². The van der Waals surface area contributed by atoms with Gasteiger partial charge in [-0.15, -0.1) is 0 Å². The molecule has 102 valence electrons. The minimum absolute atomic E-state index is 0.182. The zero-order chi connectivity index (χ0) is 14.3. The first-order valence-corrected chi connectivity index (χ1v) is 6.96. The number of fused-ring (bicyclic) bond motifs is 1. The van der Waals surface area contributed by atoms with Crippen LogP contribution in [0.2, 0.25) is 0 Å². The molecule has 1 heterocycles. The van der Waals surface area contributed by atoms with Crippen molar-refractivity contribution in [3.05, 3.63) is 65.2 Å². The van der Waals surface area contributed by atoms with Crippen LogP contribution in [-0.4, -0.2) is 13.0 Å². The molecule has 0 radical (unpaired) electrons. The highest BCUT2D eigenvalue weighted by Crippen LogP contribution is 2.43. The van der Waals surface area contributed by atoms with E-state index >= 15 is 0 Å². The molecular formula is C18H19NO. The van der Waals surface area contributed by atoms with Crippen LogP contribution in [0, 0.1) is 6.92 Å².